The number of pyridine rings is 1. The van der Waals surface area contributed by atoms with Crippen molar-refractivity contribution in [3.05, 3.63) is 58.5 Å². The van der Waals surface area contributed by atoms with Crippen LogP contribution in [-0.4, -0.2) is 24.1 Å². The van der Waals surface area contributed by atoms with E-state index < -0.39 is 16.4 Å². The quantitative estimate of drug-likeness (QED) is 0.478. The van der Waals surface area contributed by atoms with Crippen LogP contribution in [0.1, 0.15) is 0 Å². The van der Waals surface area contributed by atoms with Crippen LogP contribution in [0, 0.1) is 15.9 Å². The minimum absolute atomic E-state index is 0. The van der Waals surface area contributed by atoms with Crippen molar-refractivity contribution >= 4 is 29.0 Å². The Labute approximate surface area is 153 Å². The van der Waals surface area contributed by atoms with Crippen LogP contribution in [0.2, 0.25) is 0 Å². The highest BCUT2D eigenvalue weighted by Crippen LogP contribution is 2.37. The lowest BCUT2D eigenvalue weighted by molar-refractivity contribution is -0.387. The number of aromatic nitrogens is 1. The number of fused-ring (bicyclic) bond motifs is 1. The Balaban J connectivity index is 0.00000243. The van der Waals surface area contributed by atoms with Gasteiger partial charge in [-0.05, 0) is 18.2 Å². The molecule has 0 bridgehead atoms. The average Bonchev–Trinajstić information content (AvgIpc) is 2.60. The summed E-state index contributed by atoms with van der Waals surface area (Å²) >= 11 is 0. The molecule has 0 amide bonds. The van der Waals surface area contributed by atoms with Crippen molar-refractivity contribution in [1.82, 2.24) is 4.98 Å². The summed E-state index contributed by atoms with van der Waals surface area (Å²) in [5.41, 5.74) is -0.0177. The number of nitro benzene ring substituents is 1. The highest BCUT2D eigenvalue weighted by molar-refractivity contribution is 5.88. The Morgan fingerprint density at radius 2 is 1.73 bits per heavy atom. The SMILES string of the molecule is COc1cc2nccc(Oc3ccc([N+](=O)[O-])c(F)c3)c2cc1OC.Cl. The molecule has 1 heterocycles. The van der Waals surface area contributed by atoms with Gasteiger partial charge in [0.25, 0.3) is 0 Å². The normalized spacial score (nSPS) is 10.1. The van der Waals surface area contributed by atoms with Crippen LogP contribution in [0.15, 0.2) is 42.6 Å². The second-order valence-corrected chi connectivity index (χ2v) is 5.01. The number of ether oxygens (including phenoxy) is 3. The molecule has 0 aliphatic carbocycles. The van der Waals surface area contributed by atoms with Crippen molar-refractivity contribution in [3.8, 4) is 23.0 Å². The summed E-state index contributed by atoms with van der Waals surface area (Å²) in [6.45, 7) is 0. The monoisotopic (exact) mass is 380 g/mol. The second-order valence-electron chi connectivity index (χ2n) is 5.01. The fraction of sp³-hybridized carbons (Fsp3) is 0.118. The molecule has 0 atom stereocenters. The number of rotatable bonds is 5. The molecule has 136 valence electrons. The van der Waals surface area contributed by atoms with Crippen molar-refractivity contribution < 1.29 is 23.5 Å². The van der Waals surface area contributed by atoms with E-state index in [2.05, 4.69) is 4.98 Å². The summed E-state index contributed by atoms with van der Waals surface area (Å²) in [6, 6.07) is 8.33. The molecule has 3 aromatic rings. The molecule has 0 aliphatic rings. The molecule has 3 rings (SSSR count). The van der Waals surface area contributed by atoms with Crippen molar-refractivity contribution in [2.24, 2.45) is 0 Å². The molecule has 0 radical (unpaired) electrons. The number of benzene rings is 2. The van der Waals surface area contributed by atoms with Gasteiger partial charge in [0, 0.05) is 29.8 Å². The summed E-state index contributed by atoms with van der Waals surface area (Å²) in [7, 11) is 3.02. The van der Waals surface area contributed by atoms with Gasteiger partial charge in [-0.2, -0.15) is 4.39 Å². The Morgan fingerprint density at radius 1 is 1.04 bits per heavy atom. The van der Waals surface area contributed by atoms with Crippen LogP contribution < -0.4 is 14.2 Å². The van der Waals surface area contributed by atoms with E-state index in [0.717, 1.165) is 12.1 Å². The lowest BCUT2D eigenvalue weighted by atomic mass is 10.2. The molecular weight excluding hydrogens is 367 g/mol. The van der Waals surface area contributed by atoms with E-state index in [1.165, 1.54) is 26.5 Å². The number of hydrogen-bond donors (Lipinski definition) is 0. The van der Waals surface area contributed by atoms with Crippen LogP contribution in [0.5, 0.6) is 23.0 Å². The Bertz CT molecular complexity index is 967. The van der Waals surface area contributed by atoms with Gasteiger partial charge >= 0.3 is 5.69 Å². The largest absolute Gasteiger partial charge is 0.493 e. The fourth-order valence-corrected chi connectivity index (χ4v) is 2.36. The first kappa shape index (κ1) is 19.2. The maximum atomic E-state index is 13.8. The van der Waals surface area contributed by atoms with Gasteiger partial charge in [-0.25, -0.2) is 0 Å². The van der Waals surface area contributed by atoms with Crippen molar-refractivity contribution in [1.29, 1.82) is 0 Å². The van der Waals surface area contributed by atoms with Crippen molar-refractivity contribution in [2.75, 3.05) is 14.2 Å². The number of halogens is 2. The fourth-order valence-electron chi connectivity index (χ4n) is 2.36. The molecular formula is C17H14ClFN2O5. The van der Waals surface area contributed by atoms with Crippen molar-refractivity contribution in [2.45, 2.75) is 0 Å². The maximum absolute atomic E-state index is 13.8. The molecule has 0 saturated carbocycles. The molecule has 0 saturated heterocycles. The third-order valence-electron chi connectivity index (χ3n) is 3.55. The van der Waals surface area contributed by atoms with Gasteiger partial charge in [0.2, 0.25) is 5.82 Å². The van der Waals surface area contributed by atoms with Crippen LogP contribution >= 0.6 is 12.4 Å². The zero-order valence-corrected chi connectivity index (χ0v) is 14.6. The molecule has 1 aromatic heterocycles. The molecule has 0 unspecified atom stereocenters. The lowest BCUT2D eigenvalue weighted by Gasteiger charge is -2.12. The highest BCUT2D eigenvalue weighted by Gasteiger charge is 2.16. The third kappa shape index (κ3) is 3.60. The Kier molecular flexibility index (Phi) is 5.78. The van der Waals surface area contributed by atoms with Crippen LogP contribution in [0.4, 0.5) is 10.1 Å². The van der Waals surface area contributed by atoms with E-state index in [0.29, 0.717) is 28.2 Å². The molecule has 0 fully saturated rings. The van der Waals surface area contributed by atoms with E-state index in [-0.39, 0.29) is 18.2 Å². The molecule has 0 N–H and O–H groups in total. The highest BCUT2D eigenvalue weighted by atomic mass is 35.5. The smallest absolute Gasteiger partial charge is 0.305 e. The van der Waals surface area contributed by atoms with Gasteiger partial charge in [0.15, 0.2) is 11.5 Å². The van der Waals surface area contributed by atoms with Crippen molar-refractivity contribution in [3.63, 3.8) is 0 Å². The second kappa shape index (κ2) is 7.83. The number of hydrogen-bond acceptors (Lipinski definition) is 6. The van der Waals surface area contributed by atoms with Crippen LogP contribution in [-0.2, 0) is 0 Å². The van der Waals surface area contributed by atoms with E-state index in [1.54, 1.807) is 18.2 Å². The molecule has 2 aromatic carbocycles. The average molecular weight is 381 g/mol. The lowest BCUT2D eigenvalue weighted by Crippen LogP contribution is -1.95. The Morgan fingerprint density at radius 3 is 2.35 bits per heavy atom. The first-order chi connectivity index (χ1) is 12.0. The van der Waals surface area contributed by atoms with E-state index in [9.17, 15) is 14.5 Å². The minimum atomic E-state index is -0.972. The molecule has 9 heteroatoms. The van der Waals surface area contributed by atoms with E-state index >= 15 is 0 Å². The first-order valence-electron chi connectivity index (χ1n) is 7.16. The van der Waals surface area contributed by atoms with Crippen LogP contribution in [0.25, 0.3) is 10.9 Å². The van der Waals surface area contributed by atoms with Gasteiger partial charge < -0.3 is 14.2 Å². The molecule has 0 aliphatic heterocycles. The zero-order chi connectivity index (χ0) is 18.0. The van der Waals surface area contributed by atoms with E-state index in [1.807, 2.05) is 0 Å². The van der Waals surface area contributed by atoms with Gasteiger partial charge in [-0.3, -0.25) is 15.1 Å². The predicted octanol–water partition coefficient (Wildman–Crippen LogP) is 4.51. The van der Waals surface area contributed by atoms with E-state index in [4.69, 9.17) is 14.2 Å². The molecule has 0 spiro atoms. The summed E-state index contributed by atoms with van der Waals surface area (Å²) in [5, 5.41) is 11.3. The maximum Gasteiger partial charge on any atom is 0.305 e. The summed E-state index contributed by atoms with van der Waals surface area (Å²) in [5.74, 6) is 0.563. The molecule has 7 nitrogen and oxygen atoms in total. The summed E-state index contributed by atoms with van der Waals surface area (Å²) in [4.78, 5) is 14.1. The van der Waals surface area contributed by atoms with Gasteiger partial charge in [0.05, 0.1) is 24.7 Å². The van der Waals surface area contributed by atoms with Gasteiger partial charge in [-0.15, -0.1) is 12.4 Å². The Hall–Kier alpha value is -3.13. The number of nitrogens with zero attached hydrogens (tertiary/aromatic N) is 2. The summed E-state index contributed by atoms with van der Waals surface area (Å²) < 4.78 is 29.9. The zero-order valence-electron chi connectivity index (χ0n) is 13.8. The third-order valence-corrected chi connectivity index (χ3v) is 3.55. The predicted molar refractivity (Wildman–Crippen MR) is 95.2 cm³/mol. The van der Waals surface area contributed by atoms with Gasteiger partial charge in [-0.1, -0.05) is 0 Å². The minimum Gasteiger partial charge on any atom is -0.493 e. The molecule has 26 heavy (non-hydrogen) atoms. The van der Waals surface area contributed by atoms with Crippen LogP contribution in [0.3, 0.4) is 0 Å². The number of nitro groups is 1. The summed E-state index contributed by atoms with van der Waals surface area (Å²) in [6.07, 6.45) is 1.53. The topological polar surface area (TPSA) is 83.7 Å². The first-order valence-corrected chi connectivity index (χ1v) is 7.16. The van der Waals surface area contributed by atoms with Gasteiger partial charge in [0.1, 0.15) is 11.5 Å². The standard InChI is InChI=1S/C17H13FN2O5.ClH/c1-23-16-8-11-13(9-17(16)24-2)19-6-5-15(11)25-10-3-4-14(20(21)22)12(18)7-10;/h3-9H,1-2H3;1H. The number of methoxy groups -OCH3 is 2.